The SMILES string of the molecule is Cc1cc(S(=O)(=O)Nc2ccc(-c3ncn[nH]3)cc2)ccc1F. The number of benzene rings is 2. The third-order valence-electron chi connectivity index (χ3n) is 3.27. The highest BCUT2D eigenvalue weighted by Gasteiger charge is 2.15. The number of aromatic amines is 1. The molecule has 6 nitrogen and oxygen atoms in total. The highest BCUT2D eigenvalue weighted by atomic mass is 32.2. The Morgan fingerprint density at radius 2 is 1.87 bits per heavy atom. The lowest BCUT2D eigenvalue weighted by Crippen LogP contribution is -2.13. The maximum absolute atomic E-state index is 13.3. The van der Waals surface area contributed by atoms with Crippen molar-refractivity contribution in [2.24, 2.45) is 0 Å². The predicted octanol–water partition coefficient (Wildman–Crippen LogP) is 2.72. The summed E-state index contributed by atoms with van der Waals surface area (Å²) in [6.07, 6.45) is 1.39. The molecule has 0 aliphatic rings. The largest absolute Gasteiger partial charge is 0.280 e. The maximum Gasteiger partial charge on any atom is 0.261 e. The van der Waals surface area contributed by atoms with Gasteiger partial charge in [0.05, 0.1) is 4.90 Å². The van der Waals surface area contributed by atoms with Gasteiger partial charge in [0.15, 0.2) is 5.82 Å². The number of aromatic nitrogens is 3. The third-order valence-corrected chi connectivity index (χ3v) is 4.64. The van der Waals surface area contributed by atoms with E-state index >= 15 is 0 Å². The van der Waals surface area contributed by atoms with Crippen molar-refractivity contribution in [2.45, 2.75) is 11.8 Å². The molecule has 1 aromatic heterocycles. The van der Waals surface area contributed by atoms with Crippen LogP contribution in [0.5, 0.6) is 0 Å². The maximum atomic E-state index is 13.3. The number of H-pyrrole nitrogens is 1. The van der Waals surface area contributed by atoms with Crippen LogP contribution in [0.15, 0.2) is 53.7 Å². The van der Waals surface area contributed by atoms with Crippen LogP contribution < -0.4 is 4.72 Å². The van der Waals surface area contributed by atoms with Crippen molar-refractivity contribution >= 4 is 15.7 Å². The number of aryl methyl sites for hydroxylation is 1. The molecule has 8 heteroatoms. The van der Waals surface area contributed by atoms with E-state index in [4.69, 9.17) is 0 Å². The van der Waals surface area contributed by atoms with E-state index in [0.29, 0.717) is 11.5 Å². The van der Waals surface area contributed by atoms with Crippen molar-refractivity contribution in [3.63, 3.8) is 0 Å². The average molecular weight is 332 g/mol. The monoisotopic (exact) mass is 332 g/mol. The molecule has 0 aliphatic carbocycles. The Morgan fingerprint density at radius 3 is 2.48 bits per heavy atom. The summed E-state index contributed by atoms with van der Waals surface area (Å²) < 4.78 is 40.4. The molecular weight excluding hydrogens is 319 g/mol. The first kappa shape index (κ1) is 15.2. The van der Waals surface area contributed by atoms with Crippen molar-refractivity contribution in [2.75, 3.05) is 4.72 Å². The molecule has 118 valence electrons. The third kappa shape index (κ3) is 3.21. The molecule has 0 amide bonds. The molecular formula is C15H13FN4O2S. The fraction of sp³-hybridized carbons (Fsp3) is 0.0667. The zero-order chi connectivity index (χ0) is 16.4. The second-order valence-electron chi connectivity index (χ2n) is 4.93. The topological polar surface area (TPSA) is 87.7 Å². The smallest absolute Gasteiger partial charge is 0.261 e. The average Bonchev–Trinajstić information content (AvgIpc) is 3.04. The van der Waals surface area contributed by atoms with E-state index in [9.17, 15) is 12.8 Å². The molecule has 0 bridgehead atoms. The standard InChI is InChI=1S/C15H13FN4O2S/c1-10-8-13(6-7-14(10)16)23(21,22)20-12-4-2-11(3-5-12)15-17-9-18-19-15/h2-9,20H,1H3,(H,17,18,19). The molecule has 2 aromatic carbocycles. The summed E-state index contributed by atoms with van der Waals surface area (Å²) in [5.41, 5.74) is 1.45. The van der Waals surface area contributed by atoms with Gasteiger partial charge < -0.3 is 0 Å². The lowest BCUT2D eigenvalue weighted by Gasteiger charge is -2.09. The van der Waals surface area contributed by atoms with Gasteiger partial charge in [0.1, 0.15) is 12.1 Å². The zero-order valence-electron chi connectivity index (χ0n) is 12.1. The highest BCUT2D eigenvalue weighted by Crippen LogP contribution is 2.21. The van der Waals surface area contributed by atoms with E-state index in [1.54, 1.807) is 24.3 Å². The van der Waals surface area contributed by atoms with Gasteiger partial charge in [-0.05, 0) is 55.0 Å². The Morgan fingerprint density at radius 1 is 1.13 bits per heavy atom. The van der Waals surface area contributed by atoms with Crippen LogP contribution in [0, 0.1) is 12.7 Å². The van der Waals surface area contributed by atoms with Crippen molar-refractivity contribution in [3.05, 3.63) is 60.2 Å². The summed E-state index contributed by atoms with van der Waals surface area (Å²) in [5.74, 6) is 0.147. The molecule has 3 rings (SSSR count). The van der Waals surface area contributed by atoms with E-state index in [1.165, 1.54) is 25.4 Å². The first-order valence-electron chi connectivity index (χ1n) is 6.70. The quantitative estimate of drug-likeness (QED) is 0.769. The fourth-order valence-electron chi connectivity index (χ4n) is 2.04. The molecule has 0 atom stereocenters. The van der Waals surface area contributed by atoms with Gasteiger partial charge in [-0.15, -0.1) is 0 Å². The number of anilines is 1. The van der Waals surface area contributed by atoms with Gasteiger partial charge in [-0.3, -0.25) is 9.82 Å². The lowest BCUT2D eigenvalue weighted by molar-refractivity contribution is 0.598. The molecule has 0 fully saturated rings. The summed E-state index contributed by atoms with van der Waals surface area (Å²) >= 11 is 0. The molecule has 3 aromatic rings. The minimum absolute atomic E-state index is 0.00992. The van der Waals surface area contributed by atoms with E-state index in [1.807, 2.05) is 0 Å². The summed E-state index contributed by atoms with van der Waals surface area (Å²) in [5, 5.41) is 6.48. The van der Waals surface area contributed by atoms with Gasteiger partial charge in [-0.1, -0.05) is 0 Å². The molecule has 0 aliphatic heterocycles. The highest BCUT2D eigenvalue weighted by molar-refractivity contribution is 7.92. The number of nitrogens with one attached hydrogen (secondary N) is 2. The molecule has 0 unspecified atom stereocenters. The summed E-state index contributed by atoms with van der Waals surface area (Å²) in [6, 6.07) is 10.3. The van der Waals surface area contributed by atoms with Crippen LogP contribution in [-0.2, 0) is 10.0 Å². The normalized spacial score (nSPS) is 11.4. The minimum Gasteiger partial charge on any atom is -0.280 e. The molecule has 0 spiro atoms. The molecule has 0 radical (unpaired) electrons. The van der Waals surface area contributed by atoms with Crippen molar-refractivity contribution in [1.29, 1.82) is 0 Å². The summed E-state index contributed by atoms with van der Waals surface area (Å²) in [6.45, 7) is 1.51. The lowest BCUT2D eigenvalue weighted by atomic mass is 10.2. The molecule has 1 heterocycles. The summed E-state index contributed by atoms with van der Waals surface area (Å²) in [4.78, 5) is 4.03. The Labute approximate surface area is 132 Å². The number of hydrogen-bond acceptors (Lipinski definition) is 4. The van der Waals surface area contributed by atoms with E-state index in [2.05, 4.69) is 19.9 Å². The zero-order valence-corrected chi connectivity index (χ0v) is 12.9. The van der Waals surface area contributed by atoms with Gasteiger partial charge in [0, 0.05) is 11.3 Å². The second-order valence-corrected chi connectivity index (χ2v) is 6.61. The van der Waals surface area contributed by atoms with Crippen molar-refractivity contribution in [3.8, 4) is 11.4 Å². The minimum atomic E-state index is -3.77. The number of halogens is 1. The number of nitrogens with zero attached hydrogens (tertiary/aromatic N) is 2. The van der Waals surface area contributed by atoms with Gasteiger partial charge in [-0.2, -0.15) is 5.10 Å². The van der Waals surface area contributed by atoms with E-state index in [0.717, 1.165) is 11.6 Å². The van der Waals surface area contributed by atoms with Crippen LogP contribution in [0.3, 0.4) is 0 Å². The Balaban J connectivity index is 1.84. The van der Waals surface area contributed by atoms with Crippen LogP contribution in [0.4, 0.5) is 10.1 Å². The molecule has 2 N–H and O–H groups in total. The van der Waals surface area contributed by atoms with Gasteiger partial charge in [-0.25, -0.2) is 17.8 Å². The van der Waals surface area contributed by atoms with Crippen LogP contribution in [-0.4, -0.2) is 23.6 Å². The van der Waals surface area contributed by atoms with Crippen LogP contribution in [0.1, 0.15) is 5.56 Å². The number of sulfonamides is 1. The molecule has 23 heavy (non-hydrogen) atoms. The van der Waals surface area contributed by atoms with Gasteiger partial charge >= 0.3 is 0 Å². The van der Waals surface area contributed by atoms with Crippen LogP contribution >= 0.6 is 0 Å². The Kier molecular flexibility index (Phi) is 3.83. The number of hydrogen-bond donors (Lipinski definition) is 2. The second kappa shape index (κ2) is 5.81. The summed E-state index contributed by atoms with van der Waals surface area (Å²) in [7, 11) is -3.77. The van der Waals surface area contributed by atoms with Crippen molar-refractivity contribution < 1.29 is 12.8 Å². The Bertz CT molecular complexity index is 923. The fourth-order valence-corrected chi connectivity index (χ4v) is 3.18. The van der Waals surface area contributed by atoms with E-state index in [-0.39, 0.29) is 10.5 Å². The van der Waals surface area contributed by atoms with E-state index < -0.39 is 15.8 Å². The van der Waals surface area contributed by atoms with Crippen molar-refractivity contribution in [1.82, 2.24) is 15.2 Å². The first-order chi connectivity index (χ1) is 11.0. The van der Waals surface area contributed by atoms with Crippen LogP contribution in [0.25, 0.3) is 11.4 Å². The predicted molar refractivity (Wildman–Crippen MR) is 83.8 cm³/mol. The Hall–Kier alpha value is -2.74. The number of rotatable bonds is 4. The first-order valence-corrected chi connectivity index (χ1v) is 8.19. The van der Waals surface area contributed by atoms with Gasteiger partial charge in [0.25, 0.3) is 10.0 Å². The van der Waals surface area contributed by atoms with Gasteiger partial charge in [0.2, 0.25) is 0 Å². The van der Waals surface area contributed by atoms with Crippen LogP contribution in [0.2, 0.25) is 0 Å². The molecule has 0 saturated heterocycles. The molecule has 0 saturated carbocycles.